The predicted molar refractivity (Wildman–Crippen MR) is 96.5 cm³/mol. The molecule has 1 aliphatic rings. The van der Waals surface area contributed by atoms with Crippen molar-refractivity contribution in [1.29, 1.82) is 5.26 Å². The van der Waals surface area contributed by atoms with E-state index in [9.17, 15) is 0 Å². The Morgan fingerprint density at radius 2 is 2.08 bits per heavy atom. The highest BCUT2D eigenvalue weighted by atomic mass is 32.1. The molecular formula is C19H17N3O2S. The minimum absolute atomic E-state index is 0.498. The third-order valence-electron chi connectivity index (χ3n) is 4.30. The molecule has 0 radical (unpaired) electrons. The van der Waals surface area contributed by atoms with Crippen molar-refractivity contribution >= 4 is 21.6 Å². The second kappa shape index (κ2) is 6.69. The Labute approximate surface area is 149 Å². The summed E-state index contributed by atoms with van der Waals surface area (Å²) in [6.07, 6.45) is 6.12. The van der Waals surface area contributed by atoms with Gasteiger partial charge in [0.25, 0.3) is 0 Å². The van der Waals surface area contributed by atoms with Crippen molar-refractivity contribution in [3.63, 3.8) is 0 Å². The monoisotopic (exact) mass is 351 g/mol. The fourth-order valence-electron chi connectivity index (χ4n) is 3.17. The lowest BCUT2D eigenvalue weighted by Crippen LogP contribution is -2.00. The van der Waals surface area contributed by atoms with Crippen molar-refractivity contribution in [2.45, 2.75) is 32.6 Å². The van der Waals surface area contributed by atoms with E-state index in [0.717, 1.165) is 23.1 Å². The van der Waals surface area contributed by atoms with E-state index in [2.05, 4.69) is 16.0 Å². The zero-order valence-corrected chi connectivity index (χ0v) is 14.7. The van der Waals surface area contributed by atoms with Crippen molar-refractivity contribution in [2.75, 3.05) is 6.61 Å². The number of nitrogens with zero attached hydrogens (tertiary/aromatic N) is 3. The minimum atomic E-state index is 0.498. The molecule has 1 aliphatic carbocycles. The SMILES string of the molecule is CCOc1cc(C#N)ccc1Oc1ncnc2sc3c(c12)CCCC3. The first-order valence-corrected chi connectivity index (χ1v) is 9.22. The number of hydrogen-bond donors (Lipinski definition) is 0. The number of benzene rings is 1. The topological polar surface area (TPSA) is 68.0 Å². The van der Waals surface area contributed by atoms with Crippen molar-refractivity contribution in [2.24, 2.45) is 0 Å². The molecule has 0 N–H and O–H groups in total. The van der Waals surface area contributed by atoms with E-state index in [1.165, 1.54) is 23.3 Å². The van der Waals surface area contributed by atoms with Crippen molar-refractivity contribution in [3.05, 3.63) is 40.5 Å². The molecule has 0 unspecified atom stereocenters. The van der Waals surface area contributed by atoms with Gasteiger partial charge in [0.2, 0.25) is 5.88 Å². The second-order valence-electron chi connectivity index (χ2n) is 5.88. The van der Waals surface area contributed by atoms with Crippen LogP contribution in [0.2, 0.25) is 0 Å². The summed E-state index contributed by atoms with van der Waals surface area (Å²) in [4.78, 5) is 11.2. The molecule has 0 spiro atoms. The first-order valence-electron chi connectivity index (χ1n) is 8.40. The smallest absolute Gasteiger partial charge is 0.231 e. The highest BCUT2D eigenvalue weighted by Crippen LogP contribution is 2.41. The second-order valence-corrected chi connectivity index (χ2v) is 6.96. The first kappa shape index (κ1) is 15.9. The van der Waals surface area contributed by atoms with E-state index in [1.54, 1.807) is 35.9 Å². The number of fused-ring (bicyclic) bond motifs is 3. The molecule has 4 rings (SSSR count). The Balaban J connectivity index is 1.79. The van der Waals surface area contributed by atoms with E-state index in [-0.39, 0.29) is 0 Å². The summed E-state index contributed by atoms with van der Waals surface area (Å²) in [6, 6.07) is 7.30. The van der Waals surface area contributed by atoms with Crippen molar-refractivity contribution in [1.82, 2.24) is 9.97 Å². The normalized spacial score (nSPS) is 13.3. The van der Waals surface area contributed by atoms with E-state index >= 15 is 0 Å². The summed E-state index contributed by atoms with van der Waals surface area (Å²) in [5.74, 6) is 1.68. The van der Waals surface area contributed by atoms with Crippen LogP contribution >= 0.6 is 11.3 Å². The van der Waals surface area contributed by atoms with Gasteiger partial charge in [0.05, 0.1) is 23.6 Å². The molecule has 0 saturated heterocycles. The number of nitriles is 1. The van der Waals surface area contributed by atoms with Crippen LogP contribution in [0.3, 0.4) is 0 Å². The zero-order chi connectivity index (χ0) is 17.2. The van der Waals surface area contributed by atoms with Gasteiger partial charge in [-0.25, -0.2) is 9.97 Å². The molecule has 25 heavy (non-hydrogen) atoms. The molecular weight excluding hydrogens is 334 g/mol. The van der Waals surface area contributed by atoms with Crippen LogP contribution in [0.25, 0.3) is 10.2 Å². The Bertz CT molecular complexity index is 975. The number of rotatable bonds is 4. The predicted octanol–water partition coefficient (Wildman–Crippen LogP) is 4.63. The Morgan fingerprint density at radius 1 is 1.20 bits per heavy atom. The third-order valence-corrected chi connectivity index (χ3v) is 5.50. The maximum absolute atomic E-state index is 9.09. The van der Waals surface area contributed by atoms with Crippen molar-refractivity contribution in [3.8, 4) is 23.4 Å². The minimum Gasteiger partial charge on any atom is -0.490 e. The number of aryl methyl sites for hydroxylation is 2. The number of thiophene rings is 1. The molecule has 2 heterocycles. The molecule has 0 fully saturated rings. The van der Waals surface area contributed by atoms with E-state index < -0.39 is 0 Å². The maximum atomic E-state index is 9.09. The number of aromatic nitrogens is 2. The average Bonchev–Trinajstić information content (AvgIpc) is 3.03. The zero-order valence-electron chi connectivity index (χ0n) is 13.9. The molecule has 3 aromatic rings. The number of hydrogen-bond acceptors (Lipinski definition) is 6. The standard InChI is InChI=1S/C19H17N3O2S/c1-2-23-15-9-12(10-20)7-8-14(15)24-18-17-13-5-3-4-6-16(13)25-19(17)22-11-21-18/h7-9,11H,2-6H2,1H3. The van der Waals surface area contributed by atoms with Gasteiger partial charge < -0.3 is 9.47 Å². The van der Waals surface area contributed by atoms with Crippen LogP contribution in [-0.2, 0) is 12.8 Å². The van der Waals surface area contributed by atoms with Gasteiger partial charge in [-0.2, -0.15) is 5.26 Å². The van der Waals surface area contributed by atoms with E-state index in [0.29, 0.717) is 29.5 Å². The van der Waals surface area contributed by atoms with Crippen LogP contribution in [0, 0.1) is 11.3 Å². The maximum Gasteiger partial charge on any atom is 0.231 e. The molecule has 2 aromatic heterocycles. The summed E-state index contributed by atoms with van der Waals surface area (Å²) in [7, 11) is 0. The van der Waals surface area contributed by atoms with Gasteiger partial charge in [-0.05, 0) is 50.3 Å². The Kier molecular flexibility index (Phi) is 4.24. The Hall–Kier alpha value is -2.65. The first-order chi connectivity index (χ1) is 12.3. The summed E-state index contributed by atoms with van der Waals surface area (Å²) < 4.78 is 11.8. The molecule has 0 bridgehead atoms. The fraction of sp³-hybridized carbons (Fsp3) is 0.316. The summed E-state index contributed by atoms with van der Waals surface area (Å²) in [6.45, 7) is 2.40. The van der Waals surface area contributed by atoms with Gasteiger partial charge in [-0.3, -0.25) is 0 Å². The average molecular weight is 351 g/mol. The van der Waals surface area contributed by atoms with Crippen LogP contribution < -0.4 is 9.47 Å². The highest BCUT2D eigenvalue weighted by molar-refractivity contribution is 7.18. The molecule has 0 atom stereocenters. The van der Waals surface area contributed by atoms with Gasteiger partial charge in [0, 0.05) is 10.9 Å². The lowest BCUT2D eigenvalue weighted by molar-refractivity contribution is 0.320. The molecule has 5 nitrogen and oxygen atoms in total. The van der Waals surface area contributed by atoms with Crippen LogP contribution in [0.4, 0.5) is 0 Å². The summed E-state index contributed by atoms with van der Waals surface area (Å²) in [5, 5.41) is 10.1. The van der Waals surface area contributed by atoms with Gasteiger partial charge in [-0.15, -0.1) is 11.3 Å². The van der Waals surface area contributed by atoms with Crippen LogP contribution in [0.1, 0.15) is 35.8 Å². The highest BCUT2D eigenvalue weighted by Gasteiger charge is 2.21. The third kappa shape index (κ3) is 2.92. The lowest BCUT2D eigenvalue weighted by atomic mass is 9.97. The number of ether oxygens (including phenoxy) is 2. The summed E-state index contributed by atoms with van der Waals surface area (Å²) >= 11 is 1.74. The Morgan fingerprint density at radius 3 is 2.92 bits per heavy atom. The largest absolute Gasteiger partial charge is 0.490 e. The van der Waals surface area contributed by atoms with E-state index in [4.69, 9.17) is 14.7 Å². The molecule has 6 heteroatoms. The summed E-state index contributed by atoms with van der Waals surface area (Å²) in [5.41, 5.74) is 1.87. The molecule has 0 amide bonds. The molecule has 1 aromatic carbocycles. The lowest BCUT2D eigenvalue weighted by Gasteiger charge is -2.14. The quantitative estimate of drug-likeness (QED) is 0.685. The molecule has 0 aliphatic heterocycles. The van der Waals surface area contributed by atoms with Crippen LogP contribution in [-0.4, -0.2) is 16.6 Å². The van der Waals surface area contributed by atoms with Crippen molar-refractivity contribution < 1.29 is 9.47 Å². The van der Waals surface area contributed by atoms with Gasteiger partial charge in [-0.1, -0.05) is 0 Å². The van der Waals surface area contributed by atoms with Gasteiger partial charge in [0.15, 0.2) is 11.5 Å². The molecule has 0 saturated carbocycles. The van der Waals surface area contributed by atoms with Gasteiger partial charge >= 0.3 is 0 Å². The van der Waals surface area contributed by atoms with Crippen LogP contribution in [0.15, 0.2) is 24.5 Å². The van der Waals surface area contributed by atoms with Gasteiger partial charge in [0.1, 0.15) is 11.2 Å². The van der Waals surface area contributed by atoms with Crippen LogP contribution in [0.5, 0.6) is 17.4 Å². The fourth-order valence-corrected chi connectivity index (χ4v) is 4.39. The van der Waals surface area contributed by atoms with E-state index in [1.807, 2.05) is 6.92 Å². The molecule has 126 valence electrons.